The Morgan fingerprint density at radius 3 is 2.75 bits per heavy atom. The van der Waals surface area contributed by atoms with Gasteiger partial charge in [0.15, 0.2) is 0 Å². The van der Waals surface area contributed by atoms with Crippen LogP contribution in [0.3, 0.4) is 0 Å². The molecule has 1 aromatic carbocycles. The first-order valence-electron chi connectivity index (χ1n) is 12.1. The first-order chi connectivity index (χ1) is 17.1. The fourth-order valence-electron chi connectivity index (χ4n) is 5.25. The number of pyridine rings is 1. The van der Waals surface area contributed by atoms with Gasteiger partial charge >= 0.3 is 0 Å². The number of halogens is 1. The van der Waals surface area contributed by atoms with E-state index in [4.69, 9.17) is 11.6 Å². The minimum Gasteiger partial charge on any atom is -0.349 e. The zero-order chi connectivity index (χ0) is 25.5. The summed E-state index contributed by atoms with van der Waals surface area (Å²) in [5.41, 5.74) is 5.49. The van der Waals surface area contributed by atoms with Crippen LogP contribution in [0.15, 0.2) is 42.9 Å². The van der Waals surface area contributed by atoms with Crippen LogP contribution in [-0.4, -0.2) is 59.9 Å². The zero-order valence-corrected chi connectivity index (χ0v) is 22.4. The van der Waals surface area contributed by atoms with E-state index in [1.807, 2.05) is 12.1 Å². The number of sulfone groups is 1. The van der Waals surface area contributed by atoms with Crippen molar-refractivity contribution < 1.29 is 8.42 Å². The maximum Gasteiger partial charge on any atom is 0.148 e. The molecule has 0 saturated carbocycles. The van der Waals surface area contributed by atoms with Crippen LogP contribution < -0.4 is 10.2 Å². The van der Waals surface area contributed by atoms with Crippen LogP contribution in [0.4, 0.5) is 17.3 Å². The van der Waals surface area contributed by atoms with Gasteiger partial charge in [-0.3, -0.25) is 4.90 Å². The van der Waals surface area contributed by atoms with Crippen molar-refractivity contribution in [2.75, 3.05) is 41.9 Å². The molecular formula is C26H31ClN6O2S. The molecule has 2 aliphatic heterocycles. The maximum absolute atomic E-state index is 11.7. The molecule has 0 atom stereocenters. The highest BCUT2D eigenvalue weighted by Crippen LogP contribution is 2.36. The SMILES string of the molecule is CC1(C)CN(CCS(C)(=O)=O)Cc2cc(Nc3ncnc4c3CCN(c3ncccc3Cl)C4)ccc21. The largest absolute Gasteiger partial charge is 0.349 e. The van der Waals surface area contributed by atoms with Gasteiger partial charge in [0.05, 0.1) is 23.0 Å². The Labute approximate surface area is 217 Å². The van der Waals surface area contributed by atoms with Gasteiger partial charge in [0.1, 0.15) is 27.8 Å². The van der Waals surface area contributed by atoms with E-state index < -0.39 is 9.84 Å². The predicted octanol–water partition coefficient (Wildman–Crippen LogP) is 3.97. The molecule has 36 heavy (non-hydrogen) atoms. The van der Waals surface area contributed by atoms with E-state index in [-0.39, 0.29) is 11.2 Å². The molecule has 0 amide bonds. The molecule has 0 unspecified atom stereocenters. The maximum atomic E-state index is 11.7. The summed E-state index contributed by atoms with van der Waals surface area (Å²) in [5.74, 6) is 1.76. The van der Waals surface area contributed by atoms with Crippen LogP contribution in [0.5, 0.6) is 0 Å². The molecule has 5 rings (SSSR count). The van der Waals surface area contributed by atoms with Crippen LogP contribution in [0, 0.1) is 0 Å². The number of fused-ring (bicyclic) bond motifs is 2. The second-order valence-corrected chi connectivity index (χ2v) is 13.0. The Morgan fingerprint density at radius 1 is 1.14 bits per heavy atom. The smallest absolute Gasteiger partial charge is 0.148 e. The van der Waals surface area contributed by atoms with Gasteiger partial charge in [-0.15, -0.1) is 0 Å². The van der Waals surface area contributed by atoms with Gasteiger partial charge < -0.3 is 10.2 Å². The highest BCUT2D eigenvalue weighted by molar-refractivity contribution is 7.90. The van der Waals surface area contributed by atoms with Crippen molar-refractivity contribution in [2.45, 2.75) is 38.8 Å². The Kier molecular flexibility index (Phi) is 6.65. The lowest BCUT2D eigenvalue weighted by molar-refractivity contribution is 0.204. The molecule has 0 spiro atoms. The molecule has 4 heterocycles. The first kappa shape index (κ1) is 24.9. The summed E-state index contributed by atoms with van der Waals surface area (Å²) in [6.07, 6.45) is 5.43. The monoisotopic (exact) mass is 526 g/mol. The van der Waals surface area contributed by atoms with Crippen LogP contribution in [-0.2, 0) is 34.8 Å². The molecule has 2 aromatic heterocycles. The van der Waals surface area contributed by atoms with Crippen molar-refractivity contribution in [3.05, 3.63) is 70.3 Å². The normalized spacial score (nSPS) is 17.4. The van der Waals surface area contributed by atoms with E-state index in [1.54, 1.807) is 12.5 Å². The van der Waals surface area contributed by atoms with Gasteiger partial charge in [-0.1, -0.05) is 31.5 Å². The molecule has 0 saturated heterocycles. The Hall–Kier alpha value is -2.75. The summed E-state index contributed by atoms with van der Waals surface area (Å²) in [7, 11) is -3.00. The molecule has 10 heteroatoms. The quantitative estimate of drug-likeness (QED) is 0.516. The highest BCUT2D eigenvalue weighted by Gasteiger charge is 2.32. The molecule has 0 aliphatic carbocycles. The average Bonchev–Trinajstić information content (AvgIpc) is 2.82. The molecule has 0 fully saturated rings. The average molecular weight is 527 g/mol. The summed E-state index contributed by atoms with van der Waals surface area (Å²) in [4.78, 5) is 17.9. The molecule has 8 nitrogen and oxygen atoms in total. The standard InChI is InChI=1S/C26H31ClN6O2S/c1-26(2)16-32(11-12-36(3,34)35)14-18-13-19(6-7-21(18)26)31-24-20-8-10-33(15-23(20)29-17-30-24)25-22(27)5-4-9-28-25/h4-7,9,13,17H,8,10-12,14-16H2,1-3H3,(H,29,30,31). The third-order valence-corrected chi connectivity index (χ3v) is 8.15. The van der Waals surface area contributed by atoms with Crippen molar-refractivity contribution in [2.24, 2.45) is 0 Å². The molecule has 0 radical (unpaired) electrons. The van der Waals surface area contributed by atoms with Crippen molar-refractivity contribution in [3.63, 3.8) is 0 Å². The van der Waals surface area contributed by atoms with E-state index in [2.05, 4.69) is 62.1 Å². The number of rotatable bonds is 6. The second kappa shape index (κ2) is 9.61. The first-order valence-corrected chi connectivity index (χ1v) is 14.5. The van der Waals surface area contributed by atoms with Gasteiger partial charge in [0.2, 0.25) is 0 Å². The summed E-state index contributed by atoms with van der Waals surface area (Å²) in [6, 6.07) is 10.1. The van der Waals surface area contributed by atoms with Crippen LogP contribution >= 0.6 is 11.6 Å². The molecule has 3 aromatic rings. The fourth-order valence-corrected chi connectivity index (χ4v) is 6.08. The summed E-state index contributed by atoms with van der Waals surface area (Å²) < 4.78 is 23.4. The fraction of sp³-hybridized carbons (Fsp3) is 0.423. The minimum atomic E-state index is -3.00. The third kappa shape index (κ3) is 5.33. The highest BCUT2D eigenvalue weighted by atomic mass is 35.5. The van der Waals surface area contributed by atoms with E-state index in [0.29, 0.717) is 18.1 Å². The number of hydrogen-bond acceptors (Lipinski definition) is 8. The molecule has 1 N–H and O–H groups in total. The number of anilines is 3. The third-order valence-electron chi connectivity index (χ3n) is 6.93. The minimum absolute atomic E-state index is 0.0616. The summed E-state index contributed by atoms with van der Waals surface area (Å²) in [5, 5.41) is 4.16. The summed E-state index contributed by atoms with van der Waals surface area (Å²) >= 11 is 6.37. The predicted molar refractivity (Wildman–Crippen MR) is 144 cm³/mol. The van der Waals surface area contributed by atoms with Crippen LogP contribution in [0.25, 0.3) is 0 Å². The number of benzene rings is 1. The lowest BCUT2D eigenvalue weighted by Gasteiger charge is -2.40. The van der Waals surface area contributed by atoms with Crippen molar-refractivity contribution >= 4 is 38.8 Å². The van der Waals surface area contributed by atoms with Crippen LogP contribution in [0.2, 0.25) is 5.02 Å². The Balaban J connectivity index is 1.36. The Morgan fingerprint density at radius 2 is 1.97 bits per heavy atom. The van der Waals surface area contributed by atoms with Gasteiger partial charge in [0.25, 0.3) is 0 Å². The van der Waals surface area contributed by atoms with Gasteiger partial charge in [-0.05, 0) is 41.8 Å². The molecular weight excluding hydrogens is 496 g/mol. The van der Waals surface area contributed by atoms with E-state index in [9.17, 15) is 8.42 Å². The van der Waals surface area contributed by atoms with Crippen molar-refractivity contribution in [1.29, 1.82) is 0 Å². The number of hydrogen-bond donors (Lipinski definition) is 1. The van der Waals surface area contributed by atoms with E-state index in [1.165, 1.54) is 17.4 Å². The number of nitrogens with one attached hydrogen (secondary N) is 1. The zero-order valence-electron chi connectivity index (χ0n) is 20.8. The van der Waals surface area contributed by atoms with Crippen LogP contribution in [0.1, 0.15) is 36.2 Å². The van der Waals surface area contributed by atoms with E-state index >= 15 is 0 Å². The molecule has 190 valence electrons. The van der Waals surface area contributed by atoms with E-state index in [0.717, 1.165) is 54.6 Å². The summed E-state index contributed by atoms with van der Waals surface area (Å²) in [6.45, 7) is 7.92. The lowest BCUT2D eigenvalue weighted by atomic mass is 9.78. The van der Waals surface area contributed by atoms with Gasteiger partial charge in [-0.2, -0.15) is 0 Å². The van der Waals surface area contributed by atoms with Gasteiger partial charge in [0, 0.05) is 55.3 Å². The topological polar surface area (TPSA) is 91.3 Å². The van der Waals surface area contributed by atoms with Crippen molar-refractivity contribution in [3.8, 4) is 0 Å². The van der Waals surface area contributed by atoms with Crippen molar-refractivity contribution in [1.82, 2.24) is 19.9 Å². The number of aromatic nitrogens is 3. The lowest BCUT2D eigenvalue weighted by Crippen LogP contribution is -2.43. The number of nitrogens with zero attached hydrogens (tertiary/aromatic N) is 5. The molecule has 0 bridgehead atoms. The van der Waals surface area contributed by atoms with Gasteiger partial charge in [-0.25, -0.2) is 23.4 Å². The Bertz CT molecular complexity index is 1390. The molecule has 2 aliphatic rings. The second-order valence-electron chi connectivity index (χ2n) is 10.3.